The van der Waals surface area contributed by atoms with Crippen LogP contribution < -0.4 is 11.1 Å². The largest absolute Gasteiger partial charge is 0.507 e. The number of carbonyl (C=O) groups excluding carboxylic acids is 2. The monoisotopic (exact) mass is 742 g/mol. The molecule has 3 aromatic carbocycles. The summed E-state index contributed by atoms with van der Waals surface area (Å²) in [6, 6.07) is 22.6. The highest BCUT2D eigenvalue weighted by atomic mass is 32.1. The summed E-state index contributed by atoms with van der Waals surface area (Å²) in [4.78, 5) is 34.9. The summed E-state index contributed by atoms with van der Waals surface area (Å²) in [6.45, 7) is 7.83. The fourth-order valence-electron chi connectivity index (χ4n) is 7.01. The summed E-state index contributed by atoms with van der Waals surface area (Å²) in [6.07, 6.45) is 2.88. The summed E-state index contributed by atoms with van der Waals surface area (Å²) in [7, 11) is 0. The SMILES string of the molecule is Cc1ncsc1-c1ccc([C@H](C)NC(=O)[C@@H]2C[C@@H](O)CN2C(=O)C(C(C)C)n2cc(-c3ccc(-c4cc(-c5ccccc5O)nnc4N)cc3)cn2)cc1. The first-order valence-corrected chi connectivity index (χ1v) is 18.7. The number of nitrogen functional groups attached to an aromatic ring is 1. The van der Waals surface area contributed by atoms with Crippen LogP contribution in [-0.2, 0) is 9.59 Å². The standard InChI is InChI=1S/C41H42N8O4S/c1-23(2)37(41(53)48-21-31(50)17-35(48)40(52)45-24(3)26-9-15-29(16-10-26)38-25(4)43-22-54-38)49-20-30(19-44-49)27-11-13-28(14-12-27)33-18-34(46-47-39(33)42)32-7-5-6-8-36(32)51/h5-16,18-20,22-24,31,35,37,50-51H,17,21H2,1-4H3,(H2,42,47)(H,45,52)/t24-,31+,35-,37?/m0/s1. The molecule has 13 heteroatoms. The van der Waals surface area contributed by atoms with Crippen molar-refractivity contribution in [3.8, 4) is 49.7 Å². The van der Waals surface area contributed by atoms with E-state index in [1.165, 1.54) is 4.90 Å². The summed E-state index contributed by atoms with van der Waals surface area (Å²) in [5.74, 6) is -0.379. The Bertz CT molecular complexity index is 2290. The molecule has 0 radical (unpaired) electrons. The van der Waals surface area contributed by atoms with Crippen molar-refractivity contribution in [1.82, 2.24) is 35.2 Å². The van der Waals surface area contributed by atoms with Gasteiger partial charge < -0.3 is 26.2 Å². The number of aliphatic hydroxyl groups is 1. The number of aliphatic hydroxyl groups excluding tert-OH is 1. The molecule has 276 valence electrons. The van der Waals surface area contributed by atoms with Crippen LogP contribution in [0.5, 0.6) is 5.75 Å². The van der Waals surface area contributed by atoms with Crippen LogP contribution in [0.4, 0.5) is 5.82 Å². The van der Waals surface area contributed by atoms with Gasteiger partial charge >= 0.3 is 0 Å². The highest BCUT2D eigenvalue weighted by molar-refractivity contribution is 7.13. The Morgan fingerprint density at radius 2 is 1.63 bits per heavy atom. The van der Waals surface area contributed by atoms with E-state index in [4.69, 9.17) is 5.73 Å². The molecule has 2 amide bonds. The normalized spacial score (nSPS) is 16.7. The second-order valence-corrected chi connectivity index (χ2v) is 14.9. The molecule has 54 heavy (non-hydrogen) atoms. The molecule has 1 aliphatic heterocycles. The van der Waals surface area contributed by atoms with Gasteiger partial charge in [-0.1, -0.05) is 74.5 Å². The van der Waals surface area contributed by atoms with E-state index in [0.29, 0.717) is 16.8 Å². The molecule has 0 bridgehead atoms. The molecule has 7 rings (SSSR count). The predicted molar refractivity (Wildman–Crippen MR) is 209 cm³/mol. The van der Waals surface area contributed by atoms with Crippen LogP contribution >= 0.6 is 11.3 Å². The molecule has 6 aromatic rings. The van der Waals surface area contributed by atoms with E-state index in [2.05, 4.69) is 25.6 Å². The van der Waals surface area contributed by atoms with Crippen LogP contribution in [-0.4, -0.2) is 70.6 Å². The van der Waals surface area contributed by atoms with Crippen LogP contribution in [0.2, 0.25) is 0 Å². The number of likely N-dealkylation sites (tertiary alicyclic amines) is 1. The van der Waals surface area contributed by atoms with Crippen LogP contribution in [0.25, 0.3) is 44.0 Å². The maximum Gasteiger partial charge on any atom is 0.248 e. The molecule has 5 N–H and O–H groups in total. The summed E-state index contributed by atoms with van der Waals surface area (Å²) in [5, 5.41) is 37.0. The third-order valence-corrected chi connectivity index (χ3v) is 10.9. The smallest absolute Gasteiger partial charge is 0.248 e. The van der Waals surface area contributed by atoms with Gasteiger partial charge in [-0.3, -0.25) is 14.3 Å². The Kier molecular flexibility index (Phi) is 10.3. The molecule has 4 atom stereocenters. The first kappa shape index (κ1) is 36.4. The van der Waals surface area contributed by atoms with Gasteiger partial charge in [0.25, 0.3) is 0 Å². The van der Waals surface area contributed by atoms with Crippen LogP contribution in [0, 0.1) is 12.8 Å². The first-order chi connectivity index (χ1) is 26.0. The second-order valence-electron chi connectivity index (χ2n) is 14.0. The first-order valence-electron chi connectivity index (χ1n) is 17.8. The Balaban J connectivity index is 1.06. The Morgan fingerprint density at radius 3 is 2.31 bits per heavy atom. The maximum absolute atomic E-state index is 14.2. The zero-order valence-corrected chi connectivity index (χ0v) is 31.2. The number of carbonyl (C=O) groups is 2. The van der Waals surface area contributed by atoms with Gasteiger partial charge in [-0.15, -0.1) is 21.5 Å². The molecule has 1 unspecified atom stereocenters. The Morgan fingerprint density at radius 1 is 0.926 bits per heavy atom. The van der Waals surface area contributed by atoms with E-state index in [1.54, 1.807) is 46.5 Å². The van der Waals surface area contributed by atoms with Gasteiger partial charge in [0.15, 0.2) is 5.82 Å². The molecule has 1 aliphatic rings. The number of benzene rings is 3. The average Bonchev–Trinajstić information content (AvgIpc) is 3.92. The van der Waals surface area contributed by atoms with Crippen molar-refractivity contribution in [3.63, 3.8) is 0 Å². The highest BCUT2D eigenvalue weighted by Gasteiger charge is 2.43. The number of aromatic hydroxyl groups is 1. The minimum atomic E-state index is -0.820. The number of nitrogens with two attached hydrogens (primary N) is 1. The van der Waals surface area contributed by atoms with E-state index in [0.717, 1.165) is 38.4 Å². The lowest BCUT2D eigenvalue weighted by Gasteiger charge is -2.30. The molecule has 1 fully saturated rings. The van der Waals surface area contributed by atoms with Gasteiger partial charge in [0.2, 0.25) is 11.8 Å². The summed E-state index contributed by atoms with van der Waals surface area (Å²) in [5.41, 5.74) is 15.2. The molecule has 1 saturated heterocycles. The Labute approximate surface area is 317 Å². The van der Waals surface area contributed by atoms with Crippen molar-refractivity contribution >= 4 is 29.0 Å². The number of thiazole rings is 1. The lowest BCUT2D eigenvalue weighted by atomic mass is 10.0. The topological polar surface area (TPSA) is 172 Å². The van der Waals surface area contributed by atoms with Crippen molar-refractivity contribution < 1.29 is 19.8 Å². The molecule has 3 aromatic heterocycles. The predicted octanol–water partition coefficient (Wildman–Crippen LogP) is 6.43. The highest BCUT2D eigenvalue weighted by Crippen LogP contribution is 2.34. The molecule has 4 heterocycles. The fraction of sp³-hybridized carbons (Fsp3) is 0.268. The van der Waals surface area contributed by atoms with E-state index < -0.39 is 18.2 Å². The van der Waals surface area contributed by atoms with Crippen molar-refractivity contribution in [3.05, 3.63) is 108 Å². The number of nitrogens with one attached hydrogen (secondary N) is 1. The van der Waals surface area contributed by atoms with E-state index in [-0.39, 0.29) is 48.3 Å². The van der Waals surface area contributed by atoms with E-state index in [1.807, 2.05) is 94.0 Å². The molecule has 0 saturated carbocycles. The quantitative estimate of drug-likeness (QED) is 0.123. The number of phenolic OH excluding ortho intramolecular Hbond substituents is 1. The summed E-state index contributed by atoms with van der Waals surface area (Å²) < 4.78 is 1.65. The number of nitrogens with zero attached hydrogens (tertiary/aromatic N) is 6. The van der Waals surface area contributed by atoms with Crippen molar-refractivity contribution in [1.29, 1.82) is 0 Å². The van der Waals surface area contributed by atoms with Crippen molar-refractivity contribution in [2.24, 2.45) is 5.92 Å². The van der Waals surface area contributed by atoms with Gasteiger partial charge in [-0.05, 0) is 60.2 Å². The number of hydrogen-bond donors (Lipinski definition) is 4. The van der Waals surface area contributed by atoms with Crippen LogP contribution in [0.15, 0.2) is 96.8 Å². The average molecular weight is 743 g/mol. The summed E-state index contributed by atoms with van der Waals surface area (Å²) >= 11 is 1.59. The fourth-order valence-corrected chi connectivity index (χ4v) is 7.82. The van der Waals surface area contributed by atoms with E-state index in [9.17, 15) is 19.8 Å². The van der Waals surface area contributed by atoms with E-state index >= 15 is 0 Å². The van der Waals surface area contributed by atoms with Crippen LogP contribution in [0.1, 0.15) is 50.5 Å². The zero-order chi connectivity index (χ0) is 38.1. The number of β-amino-alcohol motifs (C(OH)–C–C–N with tert-alkyl or cyclic N) is 1. The number of phenols is 1. The molecule has 0 spiro atoms. The minimum absolute atomic E-state index is 0.0611. The van der Waals surface area contributed by atoms with Gasteiger partial charge in [0, 0.05) is 35.9 Å². The molecule has 0 aliphatic carbocycles. The molecular formula is C41H42N8O4S. The van der Waals surface area contributed by atoms with Gasteiger partial charge in [0.1, 0.15) is 17.8 Å². The van der Waals surface area contributed by atoms with Gasteiger partial charge in [-0.25, -0.2) is 4.98 Å². The third-order valence-electron chi connectivity index (χ3n) is 9.94. The van der Waals surface area contributed by atoms with Gasteiger partial charge in [0.05, 0.1) is 40.1 Å². The minimum Gasteiger partial charge on any atom is -0.507 e. The second kappa shape index (κ2) is 15.2. The lowest BCUT2D eigenvalue weighted by molar-refractivity contribution is -0.142. The van der Waals surface area contributed by atoms with Crippen LogP contribution in [0.3, 0.4) is 0 Å². The van der Waals surface area contributed by atoms with Gasteiger partial charge in [-0.2, -0.15) is 5.10 Å². The number of anilines is 1. The third kappa shape index (κ3) is 7.32. The number of rotatable bonds is 10. The number of aryl methyl sites for hydroxylation is 1. The van der Waals surface area contributed by atoms with Crippen molar-refractivity contribution in [2.75, 3.05) is 12.3 Å². The molecule has 12 nitrogen and oxygen atoms in total. The number of aromatic nitrogens is 5. The molecular weight excluding hydrogens is 701 g/mol. The zero-order valence-electron chi connectivity index (χ0n) is 30.4. The maximum atomic E-state index is 14.2. The Hall–Kier alpha value is -5.92. The van der Waals surface area contributed by atoms with Crippen molar-refractivity contribution in [2.45, 2.75) is 58.3 Å². The number of hydrogen-bond acceptors (Lipinski definition) is 10. The number of amides is 2. The number of para-hydroxylation sites is 1. The lowest BCUT2D eigenvalue weighted by Crippen LogP contribution is -2.49.